The number of nitrogens with one attached hydrogen (secondary N) is 1. The van der Waals surface area contributed by atoms with Gasteiger partial charge in [0.15, 0.2) is 0 Å². The summed E-state index contributed by atoms with van der Waals surface area (Å²) in [5, 5.41) is 29.4. The molecule has 0 aliphatic rings. The first-order valence-electron chi connectivity index (χ1n) is 4.91. The number of carboxylic acid groups (broad SMARTS) is 1. The first-order valence-corrected chi connectivity index (χ1v) is 5.89. The lowest BCUT2D eigenvalue weighted by Crippen LogP contribution is -2.10. The Balaban J connectivity index is 2.49. The van der Waals surface area contributed by atoms with Gasteiger partial charge in [-0.25, -0.2) is 0 Å². The highest BCUT2D eigenvalue weighted by Gasteiger charge is 2.05. The molecule has 0 aromatic heterocycles. The molecule has 0 aliphatic heterocycles. The predicted molar refractivity (Wildman–Crippen MR) is 67.8 cm³/mol. The molecule has 0 saturated heterocycles. The number of hydrogen-bond acceptors (Lipinski definition) is 6. The van der Waals surface area contributed by atoms with E-state index in [-0.39, 0.29) is 23.1 Å². The van der Waals surface area contributed by atoms with Crippen molar-refractivity contribution in [1.82, 2.24) is 0 Å². The summed E-state index contributed by atoms with van der Waals surface area (Å²) >= 11 is 0.829. The van der Waals surface area contributed by atoms with Crippen molar-refractivity contribution in [2.45, 2.75) is 6.42 Å². The van der Waals surface area contributed by atoms with Gasteiger partial charge in [0.05, 0.1) is 12.1 Å². The number of anilines is 2. The Kier molecular flexibility index (Phi) is 5.43. The van der Waals surface area contributed by atoms with E-state index < -0.39 is 11.2 Å². The molecule has 7 nitrogen and oxygen atoms in total. The quantitative estimate of drug-likeness (QED) is 0.703. The van der Waals surface area contributed by atoms with Gasteiger partial charge >= 0.3 is 5.97 Å². The van der Waals surface area contributed by atoms with Gasteiger partial charge in [0.25, 0.3) is 5.24 Å². The van der Waals surface area contributed by atoms with Crippen molar-refractivity contribution in [3.05, 3.63) is 29.5 Å². The summed E-state index contributed by atoms with van der Waals surface area (Å²) in [4.78, 5) is 21.6. The number of hydrogen-bond donors (Lipinski definition) is 3. The average Bonchev–Trinajstić information content (AvgIpc) is 2.28. The van der Waals surface area contributed by atoms with Gasteiger partial charge in [-0.2, -0.15) is 0 Å². The van der Waals surface area contributed by atoms with Crippen molar-refractivity contribution in [3.63, 3.8) is 0 Å². The number of thioether (sulfide) groups is 1. The molecule has 0 saturated carbocycles. The number of nitrogens with zero attached hydrogens (tertiary/aromatic N) is 1. The molecule has 0 fully saturated rings. The maximum Gasteiger partial charge on any atom is 0.304 e. The molecule has 0 unspecified atom stereocenters. The Morgan fingerprint density at radius 2 is 2.17 bits per heavy atom. The third-order valence-corrected chi connectivity index (χ3v) is 2.64. The molecule has 98 valence electrons. The highest BCUT2D eigenvalue weighted by atomic mass is 32.2. The van der Waals surface area contributed by atoms with Crippen LogP contribution in [0.1, 0.15) is 6.42 Å². The average molecular weight is 271 g/mol. The molecule has 0 atom stereocenters. The van der Waals surface area contributed by atoms with Crippen molar-refractivity contribution in [2.24, 2.45) is 0 Å². The maximum absolute atomic E-state index is 11.4. The van der Waals surface area contributed by atoms with E-state index in [2.05, 4.69) is 5.32 Å². The summed E-state index contributed by atoms with van der Waals surface area (Å²) in [6.45, 7) is 0. The minimum absolute atomic E-state index is 0.0108. The van der Waals surface area contributed by atoms with Crippen molar-refractivity contribution in [2.75, 3.05) is 16.3 Å². The zero-order valence-electron chi connectivity index (χ0n) is 9.20. The molecular weight excluding hydrogens is 260 g/mol. The largest absolute Gasteiger partial charge is 0.733 e. The smallest absolute Gasteiger partial charge is 0.304 e. The van der Waals surface area contributed by atoms with E-state index in [9.17, 15) is 14.8 Å². The van der Waals surface area contributed by atoms with Crippen LogP contribution < -0.4 is 10.5 Å². The van der Waals surface area contributed by atoms with Crippen LogP contribution in [0.25, 0.3) is 0 Å². The summed E-state index contributed by atoms with van der Waals surface area (Å²) < 4.78 is 0. The van der Waals surface area contributed by atoms with Crippen LogP contribution in [0.5, 0.6) is 0 Å². The SMILES string of the molecule is O=C(O)CCSC(=O)Nc1cccc(N([O-])O)c1. The molecule has 1 amide bonds. The van der Waals surface area contributed by atoms with Crippen LogP contribution >= 0.6 is 11.8 Å². The van der Waals surface area contributed by atoms with Gasteiger partial charge in [0, 0.05) is 11.4 Å². The van der Waals surface area contributed by atoms with E-state index in [0.29, 0.717) is 5.69 Å². The zero-order valence-corrected chi connectivity index (χ0v) is 10.0. The van der Waals surface area contributed by atoms with Crippen LogP contribution in [0, 0.1) is 5.21 Å². The lowest BCUT2D eigenvalue weighted by molar-refractivity contribution is -0.136. The Morgan fingerprint density at radius 1 is 1.44 bits per heavy atom. The lowest BCUT2D eigenvalue weighted by Gasteiger charge is -2.21. The van der Waals surface area contributed by atoms with Crippen LogP contribution in [0.4, 0.5) is 16.2 Å². The van der Waals surface area contributed by atoms with Crippen LogP contribution in [0.3, 0.4) is 0 Å². The van der Waals surface area contributed by atoms with Gasteiger partial charge in [-0.3, -0.25) is 14.8 Å². The zero-order chi connectivity index (χ0) is 13.5. The maximum atomic E-state index is 11.4. The molecule has 8 heteroatoms. The Bertz CT molecular complexity index is 438. The van der Waals surface area contributed by atoms with Gasteiger partial charge in [-0.05, 0) is 18.2 Å². The summed E-state index contributed by atoms with van der Waals surface area (Å²) in [5.41, 5.74) is 0.332. The van der Waals surface area contributed by atoms with Crippen LogP contribution in [-0.4, -0.2) is 27.3 Å². The monoisotopic (exact) mass is 271 g/mol. The van der Waals surface area contributed by atoms with Gasteiger partial charge in [0.1, 0.15) is 0 Å². The molecule has 18 heavy (non-hydrogen) atoms. The number of carboxylic acids is 1. The van der Waals surface area contributed by atoms with Crippen molar-refractivity contribution < 1.29 is 19.9 Å². The number of amides is 1. The number of carbonyl (C=O) groups excluding carboxylic acids is 1. The van der Waals surface area contributed by atoms with Crippen molar-refractivity contribution >= 4 is 34.3 Å². The van der Waals surface area contributed by atoms with Gasteiger partial charge in [0.2, 0.25) is 0 Å². The molecule has 0 radical (unpaired) electrons. The normalized spacial score (nSPS) is 9.89. The fourth-order valence-electron chi connectivity index (χ4n) is 1.09. The first-order chi connectivity index (χ1) is 8.49. The second-order valence-corrected chi connectivity index (χ2v) is 4.30. The molecule has 0 heterocycles. The second-order valence-electron chi connectivity index (χ2n) is 3.23. The molecule has 1 rings (SSSR count). The molecule has 0 bridgehead atoms. The van der Waals surface area contributed by atoms with Crippen molar-refractivity contribution in [1.29, 1.82) is 0 Å². The summed E-state index contributed by atoms with van der Waals surface area (Å²) in [6, 6.07) is 5.71. The van der Waals surface area contributed by atoms with Crippen LogP contribution in [0.15, 0.2) is 24.3 Å². The lowest BCUT2D eigenvalue weighted by atomic mass is 10.3. The minimum atomic E-state index is -0.973. The van der Waals surface area contributed by atoms with E-state index in [1.54, 1.807) is 6.07 Å². The topological polar surface area (TPSA) is 113 Å². The highest BCUT2D eigenvalue weighted by molar-refractivity contribution is 8.13. The van der Waals surface area contributed by atoms with Gasteiger partial charge in [-0.15, -0.1) is 0 Å². The number of aliphatic carboxylic acids is 1. The summed E-state index contributed by atoms with van der Waals surface area (Å²) in [5.74, 6) is -0.811. The fraction of sp³-hybridized carbons (Fsp3) is 0.200. The van der Waals surface area contributed by atoms with Crippen molar-refractivity contribution in [3.8, 4) is 0 Å². The Hall–Kier alpha value is -1.77. The van der Waals surface area contributed by atoms with E-state index in [0.717, 1.165) is 11.8 Å². The molecule has 0 spiro atoms. The third kappa shape index (κ3) is 5.04. The van der Waals surface area contributed by atoms with E-state index >= 15 is 0 Å². The highest BCUT2D eigenvalue weighted by Crippen LogP contribution is 2.19. The Labute approximate surface area is 107 Å². The van der Waals surface area contributed by atoms with Crippen LogP contribution in [-0.2, 0) is 4.79 Å². The van der Waals surface area contributed by atoms with Gasteiger partial charge < -0.3 is 20.9 Å². The summed E-state index contributed by atoms with van der Waals surface area (Å²) in [6.07, 6.45) is -0.108. The molecule has 1 aromatic carbocycles. The second kappa shape index (κ2) is 6.84. The van der Waals surface area contributed by atoms with Gasteiger partial charge in [-0.1, -0.05) is 17.8 Å². The van der Waals surface area contributed by atoms with Crippen LogP contribution in [0.2, 0.25) is 0 Å². The summed E-state index contributed by atoms with van der Waals surface area (Å²) in [7, 11) is 0. The number of benzene rings is 1. The fourth-order valence-corrected chi connectivity index (χ4v) is 1.74. The minimum Gasteiger partial charge on any atom is -0.733 e. The first kappa shape index (κ1) is 14.3. The van der Waals surface area contributed by atoms with E-state index in [1.165, 1.54) is 18.2 Å². The van der Waals surface area contributed by atoms with E-state index in [4.69, 9.17) is 10.3 Å². The molecule has 0 aliphatic carbocycles. The molecule has 3 N–H and O–H groups in total. The van der Waals surface area contributed by atoms with E-state index in [1.807, 2.05) is 0 Å². The third-order valence-electron chi connectivity index (χ3n) is 1.86. The standard InChI is InChI=1S/C10H11N2O5S/c13-9(14)4-5-18-10(15)11-7-2-1-3-8(6-7)12(16)17/h1-3,6,16H,4-5H2,(H,11,15)(H,13,14)/q-1. The predicted octanol–water partition coefficient (Wildman–Crippen LogP) is 2.12. The molecule has 1 aromatic rings. The number of rotatable bonds is 5. The molecular formula is C10H11N2O5S-. The Morgan fingerprint density at radius 3 is 2.78 bits per heavy atom. The number of carbonyl (C=O) groups is 2.